The Labute approximate surface area is 145 Å². The first kappa shape index (κ1) is 19.4. The lowest BCUT2D eigenvalue weighted by molar-refractivity contribution is -0.137. The Kier molecular flexibility index (Phi) is 6.57. The molecule has 138 valence electrons. The predicted octanol–water partition coefficient (Wildman–Crippen LogP) is -0.184. The molecule has 2 heterocycles. The largest absolute Gasteiger partial charge is 0.394 e. The highest BCUT2D eigenvalue weighted by Gasteiger charge is 2.49. The summed E-state index contributed by atoms with van der Waals surface area (Å²) in [6, 6.07) is 0.898. The minimum atomic E-state index is -1.31. The van der Waals surface area contributed by atoms with Gasteiger partial charge in [-0.05, 0) is 18.1 Å². The molecule has 1 aliphatic rings. The van der Waals surface area contributed by atoms with Crippen LogP contribution in [0, 0.1) is 5.95 Å². The van der Waals surface area contributed by atoms with E-state index < -0.39 is 42.8 Å². The van der Waals surface area contributed by atoms with Gasteiger partial charge in [0.05, 0.1) is 18.7 Å². The van der Waals surface area contributed by atoms with E-state index in [0.717, 1.165) is 0 Å². The lowest BCUT2D eigenvalue weighted by atomic mass is 10.0. The molecule has 1 saturated heterocycles. The molecular formula is C17H23FN2O5. The van der Waals surface area contributed by atoms with E-state index in [1.165, 1.54) is 23.2 Å². The number of aromatic nitrogens is 1. The van der Waals surface area contributed by atoms with Gasteiger partial charge in [-0.25, -0.2) is 4.98 Å². The molecular weight excluding hydrogens is 331 g/mol. The summed E-state index contributed by atoms with van der Waals surface area (Å²) in [7, 11) is 0. The molecule has 0 saturated carbocycles. The number of aliphatic hydroxyl groups excluding tert-OH is 3. The number of hydrogen-bond donors (Lipinski definition) is 3. The second-order valence-corrected chi connectivity index (χ2v) is 6.18. The predicted molar refractivity (Wildman–Crippen MR) is 86.0 cm³/mol. The molecule has 8 heteroatoms. The summed E-state index contributed by atoms with van der Waals surface area (Å²) in [5.41, 5.74) is 0.664. The van der Waals surface area contributed by atoms with Crippen LogP contribution in [0.2, 0.25) is 0 Å². The normalized spacial score (nSPS) is 26.0. The molecule has 0 bridgehead atoms. The fraction of sp³-hybridized carbons (Fsp3) is 0.588. The first-order chi connectivity index (χ1) is 11.9. The molecule has 1 aliphatic heterocycles. The van der Waals surface area contributed by atoms with Gasteiger partial charge in [0.1, 0.15) is 18.0 Å². The van der Waals surface area contributed by atoms with Crippen molar-refractivity contribution in [1.82, 2.24) is 9.88 Å². The van der Waals surface area contributed by atoms with Crippen LogP contribution >= 0.6 is 0 Å². The summed E-state index contributed by atoms with van der Waals surface area (Å²) in [5.74, 6) is -1.15. The van der Waals surface area contributed by atoms with Crippen molar-refractivity contribution in [3.05, 3.63) is 29.8 Å². The van der Waals surface area contributed by atoms with Crippen LogP contribution in [0.3, 0.4) is 0 Å². The van der Waals surface area contributed by atoms with Gasteiger partial charge < -0.3 is 20.2 Å². The molecule has 1 fully saturated rings. The zero-order valence-electron chi connectivity index (χ0n) is 14.0. The number of likely N-dealkylation sites (tertiary alicyclic amines) is 1. The van der Waals surface area contributed by atoms with E-state index in [4.69, 9.17) is 0 Å². The fourth-order valence-corrected chi connectivity index (χ4v) is 3.13. The molecule has 4 atom stereocenters. The van der Waals surface area contributed by atoms with Crippen LogP contribution in [-0.2, 0) is 16.0 Å². The number of aryl methyl sites for hydroxylation is 1. The maximum Gasteiger partial charge on any atom is 0.223 e. The van der Waals surface area contributed by atoms with E-state index in [-0.39, 0.29) is 25.0 Å². The van der Waals surface area contributed by atoms with Crippen LogP contribution < -0.4 is 0 Å². The average Bonchev–Trinajstić information content (AvgIpc) is 2.85. The number of pyridine rings is 1. The Balaban J connectivity index is 2.11. The molecule has 3 N–H and O–H groups in total. The second-order valence-electron chi connectivity index (χ2n) is 6.18. The van der Waals surface area contributed by atoms with Gasteiger partial charge >= 0.3 is 0 Å². The smallest absolute Gasteiger partial charge is 0.223 e. The third-order valence-corrected chi connectivity index (χ3v) is 4.58. The van der Waals surface area contributed by atoms with Crippen LogP contribution in [0.5, 0.6) is 0 Å². The van der Waals surface area contributed by atoms with Gasteiger partial charge in [0.2, 0.25) is 11.9 Å². The second kappa shape index (κ2) is 8.46. The molecule has 1 amide bonds. The van der Waals surface area contributed by atoms with Crippen molar-refractivity contribution >= 4 is 11.7 Å². The SMILES string of the molecule is CCC(=O)C[C@@H]1[C@@H](O)[C@H](O)[C@@H](CO)N1C(=O)CCc1ccc(F)nc1. The molecule has 2 rings (SSSR count). The molecule has 1 aromatic heterocycles. The summed E-state index contributed by atoms with van der Waals surface area (Å²) in [4.78, 5) is 29.1. The molecule has 0 spiro atoms. The summed E-state index contributed by atoms with van der Waals surface area (Å²) in [5, 5.41) is 29.8. The number of aliphatic hydroxyl groups is 3. The monoisotopic (exact) mass is 354 g/mol. The highest BCUT2D eigenvalue weighted by Crippen LogP contribution is 2.29. The van der Waals surface area contributed by atoms with Crippen molar-refractivity contribution in [1.29, 1.82) is 0 Å². The third-order valence-electron chi connectivity index (χ3n) is 4.58. The molecule has 0 unspecified atom stereocenters. The van der Waals surface area contributed by atoms with Gasteiger partial charge in [0.15, 0.2) is 0 Å². The number of amides is 1. The summed E-state index contributed by atoms with van der Waals surface area (Å²) >= 11 is 0. The van der Waals surface area contributed by atoms with Crippen molar-refractivity contribution in [2.45, 2.75) is 56.9 Å². The number of carbonyl (C=O) groups is 2. The van der Waals surface area contributed by atoms with E-state index in [2.05, 4.69) is 4.98 Å². The molecule has 0 aromatic carbocycles. The van der Waals surface area contributed by atoms with Gasteiger partial charge in [-0.3, -0.25) is 9.59 Å². The summed E-state index contributed by atoms with van der Waals surface area (Å²) < 4.78 is 12.8. The van der Waals surface area contributed by atoms with Crippen molar-refractivity contribution < 1.29 is 29.3 Å². The Hall–Kier alpha value is -1.90. The zero-order valence-corrected chi connectivity index (χ0v) is 14.0. The quantitative estimate of drug-likeness (QED) is 0.586. The lowest BCUT2D eigenvalue weighted by Gasteiger charge is -2.29. The van der Waals surface area contributed by atoms with Gasteiger partial charge in [-0.15, -0.1) is 0 Å². The molecule has 1 aromatic rings. The first-order valence-corrected chi connectivity index (χ1v) is 8.29. The van der Waals surface area contributed by atoms with Gasteiger partial charge in [0, 0.05) is 25.5 Å². The summed E-state index contributed by atoms with van der Waals surface area (Å²) in [6.45, 7) is 1.16. The molecule has 25 heavy (non-hydrogen) atoms. The minimum absolute atomic E-state index is 0.0278. The van der Waals surface area contributed by atoms with Gasteiger partial charge in [0.25, 0.3) is 0 Å². The molecule has 0 radical (unpaired) electrons. The van der Waals surface area contributed by atoms with Crippen LogP contribution in [0.1, 0.15) is 31.7 Å². The Morgan fingerprint density at radius 3 is 2.48 bits per heavy atom. The van der Waals surface area contributed by atoms with Crippen molar-refractivity contribution in [3.8, 4) is 0 Å². The Morgan fingerprint density at radius 2 is 1.92 bits per heavy atom. The Morgan fingerprint density at radius 1 is 1.24 bits per heavy atom. The standard InChI is InChI=1S/C17H23FN2O5/c1-2-11(22)7-12-16(24)17(25)13(9-21)20(12)15(23)6-4-10-3-5-14(18)19-8-10/h3,5,8,12-13,16-17,21,24-25H,2,4,6-7,9H2,1H3/t12-,13-,16-,17-/m1/s1. The van der Waals surface area contributed by atoms with Crippen molar-refractivity contribution in [2.24, 2.45) is 0 Å². The topological polar surface area (TPSA) is 111 Å². The number of Topliss-reactive ketones (excluding diaryl/α,β-unsaturated/α-hetero) is 1. The van der Waals surface area contributed by atoms with Crippen LogP contribution in [0.4, 0.5) is 4.39 Å². The number of rotatable bonds is 7. The number of carbonyl (C=O) groups excluding carboxylic acids is 2. The van der Waals surface area contributed by atoms with Gasteiger partial charge in [-0.1, -0.05) is 13.0 Å². The lowest BCUT2D eigenvalue weighted by Crippen LogP contribution is -2.46. The van der Waals surface area contributed by atoms with E-state index in [9.17, 15) is 29.3 Å². The fourth-order valence-electron chi connectivity index (χ4n) is 3.13. The van der Waals surface area contributed by atoms with E-state index in [1.807, 2.05) is 0 Å². The average molecular weight is 354 g/mol. The highest BCUT2D eigenvalue weighted by atomic mass is 19.1. The van der Waals surface area contributed by atoms with Crippen molar-refractivity contribution in [2.75, 3.05) is 6.61 Å². The number of hydrogen-bond acceptors (Lipinski definition) is 6. The zero-order chi connectivity index (χ0) is 18.6. The third kappa shape index (κ3) is 4.39. The first-order valence-electron chi connectivity index (χ1n) is 8.29. The van der Waals surface area contributed by atoms with E-state index >= 15 is 0 Å². The van der Waals surface area contributed by atoms with Crippen LogP contribution in [0.15, 0.2) is 18.3 Å². The summed E-state index contributed by atoms with van der Waals surface area (Å²) in [6.07, 6.45) is -0.763. The maximum absolute atomic E-state index is 12.8. The maximum atomic E-state index is 12.8. The highest BCUT2D eigenvalue weighted by molar-refractivity contribution is 5.82. The number of nitrogens with zero attached hydrogens (tertiary/aromatic N) is 2. The van der Waals surface area contributed by atoms with Crippen LogP contribution in [0.25, 0.3) is 0 Å². The van der Waals surface area contributed by atoms with Gasteiger partial charge in [-0.2, -0.15) is 4.39 Å². The number of ketones is 1. The van der Waals surface area contributed by atoms with E-state index in [1.54, 1.807) is 6.92 Å². The van der Waals surface area contributed by atoms with E-state index in [0.29, 0.717) is 12.0 Å². The Bertz CT molecular complexity index is 610. The minimum Gasteiger partial charge on any atom is -0.394 e. The van der Waals surface area contributed by atoms with Crippen molar-refractivity contribution in [3.63, 3.8) is 0 Å². The molecule has 7 nitrogen and oxygen atoms in total. The van der Waals surface area contributed by atoms with Crippen LogP contribution in [-0.4, -0.2) is 67.8 Å². The molecule has 0 aliphatic carbocycles. The number of halogens is 1.